The Morgan fingerprint density at radius 1 is 1.21 bits per heavy atom. The molecule has 0 spiro atoms. The number of para-hydroxylation sites is 1. The average Bonchev–Trinajstić information content (AvgIpc) is 2.69. The van der Waals surface area contributed by atoms with Crippen LogP contribution in [0.15, 0.2) is 47.5 Å². The number of benzene rings is 2. The number of halogens is 2. The molecule has 3 N–H and O–H groups in total. The van der Waals surface area contributed by atoms with Crippen LogP contribution in [0.3, 0.4) is 0 Å². The summed E-state index contributed by atoms with van der Waals surface area (Å²) in [4.78, 5) is 16.1. The predicted molar refractivity (Wildman–Crippen MR) is 107 cm³/mol. The monoisotopic (exact) mass is 386 g/mol. The van der Waals surface area contributed by atoms with Crippen LogP contribution in [0.5, 0.6) is 0 Å². The van der Waals surface area contributed by atoms with Crippen molar-refractivity contribution in [1.29, 1.82) is 0 Å². The summed E-state index contributed by atoms with van der Waals surface area (Å²) >= 11 is 0. The number of fused-ring (bicyclic) bond motifs is 1. The standard InChI is InChI=1S/C21H24F2N4O/c1-13(14-7-8-17(22)18(23)9-14)11-25-21(24-2)26-12-15-10-20(28)27-19-6-4-3-5-16(15)19/h3-9,13,15H,10-12H2,1-2H3,(H,27,28)(H2,24,25,26). The number of carbonyl (C=O) groups excluding carboxylic acids is 1. The minimum Gasteiger partial charge on any atom is -0.356 e. The molecule has 1 aliphatic rings. The summed E-state index contributed by atoms with van der Waals surface area (Å²) in [6, 6.07) is 11.7. The van der Waals surface area contributed by atoms with Gasteiger partial charge in [0.05, 0.1) is 0 Å². The lowest BCUT2D eigenvalue weighted by atomic mass is 9.90. The van der Waals surface area contributed by atoms with E-state index in [1.54, 1.807) is 13.1 Å². The largest absolute Gasteiger partial charge is 0.356 e. The number of aliphatic imine (C=N–C) groups is 1. The smallest absolute Gasteiger partial charge is 0.225 e. The highest BCUT2D eigenvalue weighted by atomic mass is 19.2. The number of hydrogen-bond acceptors (Lipinski definition) is 2. The Balaban J connectivity index is 1.56. The molecule has 0 fully saturated rings. The van der Waals surface area contributed by atoms with E-state index in [0.717, 1.165) is 17.3 Å². The van der Waals surface area contributed by atoms with Crippen molar-refractivity contribution in [2.24, 2.45) is 4.99 Å². The Kier molecular flexibility index (Phi) is 6.23. The summed E-state index contributed by atoms with van der Waals surface area (Å²) in [5, 5.41) is 9.34. The van der Waals surface area contributed by atoms with E-state index < -0.39 is 11.6 Å². The second-order valence-corrected chi connectivity index (χ2v) is 6.95. The number of carbonyl (C=O) groups is 1. The Labute approximate surface area is 163 Å². The molecule has 2 aromatic carbocycles. The lowest BCUT2D eigenvalue weighted by Gasteiger charge is -2.26. The third kappa shape index (κ3) is 4.65. The molecule has 28 heavy (non-hydrogen) atoms. The van der Waals surface area contributed by atoms with E-state index in [-0.39, 0.29) is 17.7 Å². The first-order valence-corrected chi connectivity index (χ1v) is 9.26. The number of anilines is 1. The van der Waals surface area contributed by atoms with Gasteiger partial charge in [0.1, 0.15) is 0 Å². The Morgan fingerprint density at radius 3 is 2.75 bits per heavy atom. The number of guanidine groups is 1. The van der Waals surface area contributed by atoms with Crippen LogP contribution in [-0.4, -0.2) is 32.0 Å². The van der Waals surface area contributed by atoms with Crippen molar-refractivity contribution >= 4 is 17.6 Å². The maximum Gasteiger partial charge on any atom is 0.225 e. The Bertz CT molecular complexity index is 884. The van der Waals surface area contributed by atoms with Crippen LogP contribution in [0, 0.1) is 11.6 Å². The van der Waals surface area contributed by atoms with Gasteiger partial charge in [-0.1, -0.05) is 31.2 Å². The topological polar surface area (TPSA) is 65.5 Å². The molecule has 0 aromatic heterocycles. The molecule has 1 aliphatic heterocycles. The summed E-state index contributed by atoms with van der Waals surface area (Å²) in [6.07, 6.45) is 0.409. The predicted octanol–water partition coefficient (Wildman–Crippen LogP) is 3.36. The van der Waals surface area contributed by atoms with Gasteiger partial charge in [0.2, 0.25) is 5.91 Å². The quantitative estimate of drug-likeness (QED) is 0.545. The zero-order valence-electron chi connectivity index (χ0n) is 15.9. The summed E-state index contributed by atoms with van der Waals surface area (Å²) in [7, 11) is 1.67. The molecule has 148 valence electrons. The fourth-order valence-corrected chi connectivity index (χ4v) is 3.31. The molecule has 0 bridgehead atoms. The van der Waals surface area contributed by atoms with Crippen LogP contribution in [-0.2, 0) is 4.79 Å². The van der Waals surface area contributed by atoms with Gasteiger partial charge in [-0.2, -0.15) is 0 Å². The van der Waals surface area contributed by atoms with Gasteiger partial charge in [-0.3, -0.25) is 9.79 Å². The van der Waals surface area contributed by atoms with Crippen molar-refractivity contribution in [3.8, 4) is 0 Å². The van der Waals surface area contributed by atoms with Crippen molar-refractivity contribution in [3.63, 3.8) is 0 Å². The molecule has 0 saturated heterocycles. The van der Waals surface area contributed by atoms with Gasteiger partial charge in [0, 0.05) is 38.2 Å². The van der Waals surface area contributed by atoms with Crippen molar-refractivity contribution in [3.05, 3.63) is 65.2 Å². The SMILES string of the molecule is CN=C(NCC(C)c1ccc(F)c(F)c1)NCC1CC(=O)Nc2ccccc21. The highest BCUT2D eigenvalue weighted by Crippen LogP contribution is 2.31. The van der Waals surface area contributed by atoms with E-state index in [0.29, 0.717) is 31.0 Å². The molecular weight excluding hydrogens is 362 g/mol. The fourth-order valence-electron chi connectivity index (χ4n) is 3.31. The van der Waals surface area contributed by atoms with Gasteiger partial charge >= 0.3 is 0 Å². The van der Waals surface area contributed by atoms with E-state index in [9.17, 15) is 13.6 Å². The second-order valence-electron chi connectivity index (χ2n) is 6.95. The molecule has 0 saturated carbocycles. The lowest BCUT2D eigenvalue weighted by Crippen LogP contribution is -2.41. The number of amides is 1. The van der Waals surface area contributed by atoms with E-state index in [2.05, 4.69) is 20.9 Å². The van der Waals surface area contributed by atoms with Crippen LogP contribution in [0.2, 0.25) is 0 Å². The first-order chi connectivity index (χ1) is 13.5. The maximum atomic E-state index is 13.4. The summed E-state index contributed by atoms with van der Waals surface area (Å²) in [5.41, 5.74) is 2.65. The zero-order chi connectivity index (χ0) is 20.1. The van der Waals surface area contributed by atoms with Crippen LogP contribution in [0.1, 0.15) is 36.3 Å². The number of nitrogens with zero attached hydrogens (tertiary/aromatic N) is 1. The number of hydrogen-bond donors (Lipinski definition) is 3. The molecule has 5 nitrogen and oxygen atoms in total. The molecule has 3 rings (SSSR count). The second kappa shape index (κ2) is 8.82. The van der Waals surface area contributed by atoms with Gasteiger partial charge in [0.25, 0.3) is 0 Å². The molecule has 0 radical (unpaired) electrons. The van der Waals surface area contributed by atoms with Crippen LogP contribution >= 0.6 is 0 Å². The molecule has 2 atom stereocenters. The molecule has 1 heterocycles. The van der Waals surface area contributed by atoms with Crippen LogP contribution < -0.4 is 16.0 Å². The minimum absolute atomic E-state index is 0.000375. The minimum atomic E-state index is -0.849. The summed E-state index contributed by atoms with van der Waals surface area (Å²) in [6.45, 7) is 2.99. The summed E-state index contributed by atoms with van der Waals surface area (Å²) < 4.78 is 26.5. The van der Waals surface area contributed by atoms with E-state index >= 15 is 0 Å². The van der Waals surface area contributed by atoms with Crippen molar-refractivity contribution in [2.75, 3.05) is 25.5 Å². The lowest BCUT2D eigenvalue weighted by molar-refractivity contribution is -0.116. The van der Waals surface area contributed by atoms with Crippen molar-refractivity contribution in [2.45, 2.75) is 25.2 Å². The maximum absolute atomic E-state index is 13.4. The van der Waals surface area contributed by atoms with E-state index in [4.69, 9.17) is 0 Å². The average molecular weight is 386 g/mol. The van der Waals surface area contributed by atoms with Crippen LogP contribution in [0.25, 0.3) is 0 Å². The van der Waals surface area contributed by atoms with Gasteiger partial charge < -0.3 is 16.0 Å². The van der Waals surface area contributed by atoms with Gasteiger partial charge in [-0.25, -0.2) is 8.78 Å². The molecule has 7 heteroatoms. The number of rotatable bonds is 5. The summed E-state index contributed by atoms with van der Waals surface area (Å²) in [5.74, 6) is -1.08. The van der Waals surface area contributed by atoms with Crippen molar-refractivity contribution in [1.82, 2.24) is 10.6 Å². The molecule has 2 aromatic rings. The third-order valence-corrected chi connectivity index (χ3v) is 4.93. The number of nitrogens with one attached hydrogen (secondary N) is 3. The Hall–Kier alpha value is -2.96. The normalized spacial score (nSPS) is 17.5. The zero-order valence-corrected chi connectivity index (χ0v) is 15.9. The van der Waals surface area contributed by atoms with Gasteiger partial charge in [-0.05, 0) is 35.2 Å². The third-order valence-electron chi connectivity index (χ3n) is 4.93. The molecule has 0 aliphatic carbocycles. The fraction of sp³-hybridized carbons (Fsp3) is 0.333. The van der Waals surface area contributed by atoms with Crippen molar-refractivity contribution < 1.29 is 13.6 Å². The van der Waals surface area contributed by atoms with Gasteiger partial charge in [-0.15, -0.1) is 0 Å². The highest BCUT2D eigenvalue weighted by Gasteiger charge is 2.24. The first kappa shape index (κ1) is 19.8. The van der Waals surface area contributed by atoms with E-state index in [1.165, 1.54) is 6.07 Å². The van der Waals surface area contributed by atoms with Gasteiger partial charge in [0.15, 0.2) is 17.6 Å². The Morgan fingerprint density at radius 2 is 2.00 bits per heavy atom. The first-order valence-electron chi connectivity index (χ1n) is 9.26. The van der Waals surface area contributed by atoms with E-state index in [1.807, 2.05) is 31.2 Å². The van der Waals surface area contributed by atoms with Crippen LogP contribution in [0.4, 0.5) is 14.5 Å². The molecule has 1 amide bonds. The molecular formula is C21H24F2N4O. The molecule has 2 unspecified atom stereocenters. The highest BCUT2D eigenvalue weighted by molar-refractivity contribution is 5.94.